The minimum atomic E-state index is -0.525. The molecule has 0 aliphatic carbocycles. The van der Waals surface area contributed by atoms with Crippen LogP contribution >= 0.6 is 0 Å². The maximum atomic E-state index is 11.5. The highest BCUT2D eigenvalue weighted by molar-refractivity contribution is 5.96. The van der Waals surface area contributed by atoms with Gasteiger partial charge in [0.25, 0.3) is 0 Å². The smallest absolute Gasteiger partial charge is 0.163 e. The summed E-state index contributed by atoms with van der Waals surface area (Å²) in [6.07, 6.45) is 4.47. The van der Waals surface area contributed by atoms with Gasteiger partial charge in [-0.3, -0.25) is 4.79 Å². The van der Waals surface area contributed by atoms with Gasteiger partial charge in [0.15, 0.2) is 5.78 Å². The predicted molar refractivity (Wildman–Crippen MR) is 82.9 cm³/mol. The van der Waals surface area contributed by atoms with Crippen molar-refractivity contribution in [2.75, 3.05) is 26.2 Å². The standard InChI is InChI=1S/C17H25NO3/c1-14(19)16-8-4-5-9-17(16)21-13-15(20)12-18-10-6-2-3-7-11-18/h4-5,8-9,15,20H,2-3,6-7,10-13H2,1H3/t15-/m0/s1. The molecule has 0 bridgehead atoms. The number of carbonyl (C=O) groups excluding carboxylic acids is 1. The van der Waals surface area contributed by atoms with E-state index in [2.05, 4.69) is 4.90 Å². The zero-order valence-electron chi connectivity index (χ0n) is 12.8. The summed E-state index contributed by atoms with van der Waals surface area (Å²) in [7, 11) is 0. The summed E-state index contributed by atoms with van der Waals surface area (Å²) in [5.41, 5.74) is 0.569. The summed E-state index contributed by atoms with van der Waals surface area (Å²) in [5, 5.41) is 10.1. The first-order valence-electron chi connectivity index (χ1n) is 7.80. The molecule has 116 valence electrons. The third-order valence-corrected chi connectivity index (χ3v) is 3.87. The lowest BCUT2D eigenvalue weighted by Crippen LogP contribution is -2.36. The van der Waals surface area contributed by atoms with E-state index in [1.54, 1.807) is 12.1 Å². The number of carbonyl (C=O) groups is 1. The minimum absolute atomic E-state index is 0.0207. The summed E-state index contributed by atoms with van der Waals surface area (Å²) >= 11 is 0. The van der Waals surface area contributed by atoms with E-state index in [0.717, 1.165) is 13.1 Å². The van der Waals surface area contributed by atoms with Crippen molar-refractivity contribution >= 4 is 5.78 Å². The summed E-state index contributed by atoms with van der Waals surface area (Å²) in [4.78, 5) is 13.8. The molecule has 1 aromatic rings. The normalized spacial score (nSPS) is 18.0. The van der Waals surface area contributed by atoms with Crippen LogP contribution in [0.3, 0.4) is 0 Å². The van der Waals surface area contributed by atoms with Crippen LogP contribution in [0.1, 0.15) is 43.0 Å². The Balaban J connectivity index is 1.83. The third kappa shape index (κ3) is 5.14. The fraction of sp³-hybridized carbons (Fsp3) is 0.588. The topological polar surface area (TPSA) is 49.8 Å². The van der Waals surface area contributed by atoms with E-state index >= 15 is 0 Å². The first-order chi connectivity index (χ1) is 10.2. The molecule has 0 aromatic heterocycles. The SMILES string of the molecule is CC(=O)c1ccccc1OC[C@@H](O)CN1CCCCCC1. The Morgan fingerprint density at radius 3 is 2.57 bits per heavy atom. The highest BCUT2D eigenvalue weighted by Crippen LogP contribution is 2.18. The first kappa shape index (κ1) is 16.0. The molecule has 1 aliphatic heterocycles. The van der Waals surface area contributed by atoms with Gasteiger partial charge in [-0.2, -0.15) is 0 Å². The van der Waals surface area contributed by atoms with Crippen LogP contribution in [-0.4, -0.2) is 48.1 Å². The summed E-state index contributed by atoms with van der Waals surface area (Å²) in [5.74, 6) is 0.535. The van der Waals surface area contributed by atoms with Gasteiger partial charge in [-0.15, -0.1) is 0 Å². The number of aliphatic hydroxyl groups is 1. The Labute approximate surface area is 126 Å². The van der Waals surface area contributed by atoms with Crippen LogP contribution in [-0.2, 0) is 0 Å². The molecule has 1 heterocycles. The lowest BCUT2D eigenvalue weighted by Gasteiger charge is -2.23. The molecule has 1 N–H and O–H groups in total. The van der Waals surface area contributed by atoms with Gasteiger partial charge in [0.1, 0.15) is 18.5 Å². The number of aliphatic hydroxyl groups excluding tert-OH is 1. The second-order valence-electron chi connectivity index (χ2n) is 5.73. The van der Waals surface area contributed by atoms with Gasteiger partial charge < -0.3 is 14.7 Å². The van der Waals surface area contributed by atoms with Gasteiger partial charge in [0.2, 0.25) is 0 Å². The Morgan fingerprint density at radius 1 is 1.24 bits per heavy atom. The number of ether oxygens (including phenoxy) is 1. The van der Waals surface area contributed by atoms with Crippen LogP contribution in [0.4, 0.5) is 0 Å². The Morgan fingerprint density at radius 2 is 1.90 bits per heavy atom. The van der Waals surface area contributed by atoms with Gasteiger partial charge in [-0.25, -0.2) is 0 Å². The average Bonchev–Trinajstić information content (AvgIpc) is 2.74. The maximum Gasteiger partial charge on any atom is 0.163 e. The fourth-order valence-electron chi connectivity index (χ4n) is 2.74. The third-order valence-electron chi connectivity index (χ3n) is 3.87. The van der Waals surface area contributed by atoms with Crippen molar-refractivity contribution in [3.8, 4) is 5.75 Å². The monoisotopic (exact) mass is 291 g/mol. The molecule has 1 saturated heterocycles. The number of likely N-dealkylation sites (tertiary alicyclic amines) is 1. The molecule has 1 atom stereocenters. The van der Waals surface area contributed by atoms with E-state index in [9.17, 15) is 9.90 Å². The first-order valence-corrected chi connectivity index (χ1v) is 7.80. The number of rotatable bonds is 6. The number of hydrogen-bond donors (Lipinski definition) is 1. The van der Waals surface area contributed by atoms with Crippen molar-refractivity contribution in [1.29, 1.82) is 0 Å². The minimum Gasteiger partial charge on any atom is -0.490 e. The number of nitrogens with zero attached hydrogens (tertiary/aromatic N) is 1. The molecule has 2 rings (SSSR count). The number of ketones is 1. The predicted octanol–water partition coefficient (Wildman–Crippen LogP) is 2.50. The molecule has 1 fully saturated rings. The van der Waals surface area contributed by atoms with Crippen LogP contribution in [0, 0.1) is 0 Å². The largest absolute Gasteiger partial charge is 0.490 e. The number of benzene rings is 1. The average molecular weight is 291 g/mol. The Bertz CT molecular complexity index is 453. The van der Waals surface area contributed by atoms with E-state index < -0.39 is 6.10 Å². The molecule has 1 aromatic carbocycles. The van der Waals surface area contributed by atoms with Gasteiger partial charge >= 0.3 is 0 Å². The van der Waals surface area contributed by atoms with Gasteiger partial charge in [-0.1, -0.05) is 25.0 Å². The van der Waals surface area contributed by atoms with Crippen molar-refractivity contribution in [2.45, 2.75) is 38.7 Å². The van der Waals surface area contributed by atoms with Crippen LogP contribution < -0.4 is 4.74 Å². The Hall–Kier alpha value is -1.39. The molecule has 0 radical (unpaired) electrons. The second-order valence-corrected chi connectivity index (χ2v) is 5.73. The van der Waals surface area contributed by atoms with Crippen molar-refractivity contribution in [3.05, 3.63) is 29.8 Å². The van der Waals surface area contributed by atoms with Crippen LogP contribution in [0.2, 0.25) is 0 Å². The van der Waals surface area contributed by atoms with Crippen molar-refractivity contribution in [1.82, 2.24) is 4.90 Å². The molecular formula is C17H25NO3. The van der Waals surface area contributed by atoms with E-state index in [-0.39, 0.29) is 12.4 Å². The summed E-state index contributed by atoms with van der Waals surface area (Å²) < 4.78 is 5.64. The number of para-hydroxylation sites is 1. The van der Waals surface area contributed by atoms with Gasteiger partial charge in [0.05, 0.1) is 5.56 Å². The summed E-state index contributed by atoms with van der Waals surface area (Å²) in [6, 6.07) is 7.18. The van der Waals surface area contributed by atoms with E-state index in [1.807, 2.05) is 12.1 Å². The van der Waals surface area contributed by atoms with Gasteiger partial charge in [0, 0.05) is 6.54 Å². The molecule has 21 heavy (non-hydrogen) atoms. The quantitative estimate of drug-likeness (QED) is 0.818. The van der Waals surface area contributed by atoms with Gasteiger partial charge in [-0.05, 0) is 45.0 Å². The highest BCUT2D eigenvalue weighted by atomic mass is 16.5. The van der Waals surface area contributed by atoms with Crippen molar-refractivity contribution < 1.29 is 14.6 Å². The lowest BCUT2D eigenvalue weighted by molar-refractivity contribution is 0.0686. The van der Waals surface area contributed by atoms with E-state index in [1.165, 1.54) is 32.6 Å². The van der Waals surface area contributed by atoms with Crippen molar-refractivity contribution in [3.63, 3.8) is 0 Å². The lowest BCUT2D eigenvalue weighted by atomic mass is 10.1. The molecular weight excluding hydrogens is 266 g/mol. The molecule has 1 aliphatic rings. The zero-order valence-corrected chi connectivity index (χ0v) is 12.8. The molecule has 4 heteroatoms. The van der Waals surface area contributed by atoms with Crippen molar-refractivity contribution in [2.24, 2.45) is 0 Å². The molecule has 4 nitrogen and oxygen atoms in total. The van der Waals surface area contributed by atoms with Crippen LogP contribution in [0.5, 0.6) is 5.75 Å². The fourth-order valence-corrected chi connectivity index (χ4v) is 2.74. The molecule has 0 unspecified atom stereocenters. The molecule has 0 amide bonds. The van der Waals surface area contributed by atoms with Crippen LogP contribution in [0.25, 0.3) is 0 Å². The number of β-amino-alcohol motifs (C(OH)–C–C–N with tert-alkyl or cyclic N) is 1. The summed E-state index contributed by atoms with van der Waals surface area (Å²) in [6.45, 7) is 4.50. The van der Waals surface area contributed by atoms with E-state index in [0.29, 0.717) is 17.9 Å². The second kappa shape index (κ2) is 8.15. The maximum absolute atomic E-state index is 11.5. The molecule has 0 saturated carbocycles. The molecule has 0 spiro atoms. The van der Waals surface area contributed by atoms with E-state index in [4.69, 9.17) is 4.74 Å². The highest BCUT2D eigenvalue weighted by Gasteiger charge is 2.15. The number of hydrogen-bond acceptors (Lipinski definition) is 4. The zero-order chi connectivity index (χ0) is 15.1. The number of Topliss-reactive ketones (excluding diaryl/α,β-unsaturated/α-hetero) is 1. The Kier molecular flexibility index (Phi) is 6.21. The van der Waals surface area contributed by atoms with Crippen LogP contribution in [0.15, 0.2) is 24.3 Å².